The van der Waals surface area contributed by atoms with Crippen LogP contribution in [0.5, 0.6) is 5.75 Å². The van der Waals surface area contributed by atoms with E-state index in [0.29, 0.717) is 10.6 Å². The van der Waals surface area contributed by atoms with Gasteiger partial charge in [0.15, 0.2) is 5.69 Å². The Bertz CT molecular complexity index is 799. The molecule has 0 aliphatic rings. The van der Waals surface area contributed by atoms with Gasteiger partial charge >= 0.3 is 5.97 Å². The lowest BCUT2D eigenvalue weighted by Crippen LogP contribution is -2.29. The Hall–Kier alpha value is -2.47. The molecule has 1 aromatic carbocycles. The van der Waals surface area contributed by atoms with Crippen molar-refractivity contribution < 1.29 is 19.8 Å². The second-order valence-corrected chi connectivity index (χ2v) is 5.42. The van der Waals surface area contributed by atoms with Crippen molar-refractivity contribution in [1.29, 1.82) is 0 Å². The first kappa shape index (κ1) is 16.9. The summed E-state index contributed by atoms with van der Waals surface area (Å²) in [7, 11) is 3.75. The quantitative estimate of drug-likeness (QED) is 0.589. The van der Waals surface area contributed by atoms with Crippen molar-refractivity contribution in [1.82, 2.24) is 10.3 Å². The number of carboxylic acids is 1. The van der Waals surface area contributed by atoms with Crippen LogP contribution in [0.25, 0.3) is 11.1 Å². The van der Waals surface area contributed by atoms with Crippen LogP contribution in [-0.2, 0) is 4.79 Å². The lowest BCUT2D eigenvalue weighted by atomic mass is 9.82. The number of pyridine rings is 1. The molecule has 23 heavy (non-hydrogen) atoms. The third-order valence-corrected chi connectivity index (χ3v) is 3.95. The Balaban J connectivity index is 2.35. The zero-order valence-corrected chi connectivity index (χ0v) is 13.3. The number of carbonyl (C=O) groups is 2. The van der Waals surface area contributed by atoms with Crippen molar-refractivity contribution in [2.75, 3.05) is 6.54 Å². The van der Waals surface area contributed by atoms with Gasteiger partial charge in [-0.1, -0.05) is 34.7 Å². The highest BCUT2D eigenvalue weighted by Gasteiger charge is 2.16. The molecule has 1 aromatic heterocycles. The summed E-state index contributed by atoms with van der Waals surface area (Å²) in [6.07, 6.45) is 1.43. The zero-order valence-electron chi connectivity index (χ0n) is 12.6. The molecule has 2 rings (SSSR count). The number of nitrogens with zero attached hydrogens (tertiary/aromatic N) is 1. The second kappa shape index (κ2) is 6.75. The lowest BCUT2D eigenvalue weighted by Gasteiger charge is -2.11. The lowest BCUT2D eigenvalue weighted by molar-refractivity contribution is -0.135. The van der Waals surface area contributed by atoms with Gasteiger partial charge in [-0.2, -0.15) is 0 Å². The molecule has 1 heterocycles. The Kier molecular flexibility index (Phi) is 4.95. The molecule has 0 aliphatic heterocycles. The van der Waals surface area contributed by atoms with Crippen molar-refractivity contribution in [3.8, 4) is 16.9 Å². The van der Waals surface area contributed by atoms with E-state index in [0.717, 1.165) is 16.5 Å². The van der Waals surface area contributed by atoms with Crippen LogP contribution in [0.3, 0.4) is 0 Å². The molecule has 0 atom stereocenters. The SMILES string of the molecule is Bc1ccc(-c2cnc(C(=O)NCC(=O)O)c(O)c2)c(B)c1Cl. The third-order valence-electron chi connectivity index (χ3n) is 3.37. The molecule has 9 heteroatoms. The number of halogens is 1. The van der Waals surface area contributed by atoms with E-state index in [9.17, 15) is 14.7 Å². The predicted molar refractivity (Wildman–Crippen MR) is 92.7 cm³/mol. The minimum absolute atomic E-state index is 0.231. The van der Waals surface area contributed by atoms with Gasteiger partial charge in [-0.3, -0.25) is 9.59 Å². The fourth-order valence-electron chi connectivity index (χ4n) is 2.15. The summed E-state index contributed by atoms with van der Waals surface area (Å²) < 4.78 is 0. The topological polar surface area (TPSA) is 99.5 Å². The molecule has 1 amide bonds. The molecule has 0 spiro atoms. The monoisotopic (exact) mass is 330 g/mol. The molecule has 0 bridgehead atoms. The van der Waals surface area contributed by atoms with Crippen LogP contribution in [-0.4, -0.2) is 49.3 Å². The average molecular weight is 330 g/mol. The molecule has 0 aliphatic carbocycles. The highest BCUT2D eigenvalue weighted by atomic mass is 35.5. The summed E-state index contributed by atoms with van der Waals surface area (Å²) in [5.41, 5.74) is 2.95. The summed E-state index contributed by atoms with van der Waals surface area (Å²) in [5.74, 6) is -2.27. The maximum Gasteiger partial charge on any atom is 0.322 e. The summed E-state index contributed by atoms with van der Waals surface area (Å²) in [6, 6.07) is 5.11. The zero-order chi connectivity index (χ0) is 17.1. The molecule has 6 nitrogen and oxygen atoms in total. The highest BCUT2D eigenvalue weighted by molar-refractivity contribution is 6.54. The van der Waals surface area contributed by atoms with Gasteiger partial charge in [0.1, 0.15) is 28.0 Å². The fraction of sp³-hybridized carbons (Fsp3) is 0.0714. The fourth-order valence-corrected chi connectivity index (χ4v) is 2.31. The van der Waals surface area contributed by atoms with Crippen molar-refractivity contribution in [2.45, 2.75) is 0 Å². The minimum atomic E-state index is -1.18. The number of hydrogen-bond acceptors (Lipinski definition) is 4. The summed E-state index contributed by atoms with van der Waals surface area (Å²) in [5, 5.41) is 21.3. The van der Waals surface area contributed by atoms with Crippen LogP contribution in [0.1, 0.15) is 10.5 Å². The Morgan fingerprint density at radius 2 is 2.00 bits per heavy atom. The normalized spacial score (nSPS) is 10.3. The number of aromatic hydroxyl groups is 1. The Morgan fingerprint density at radius 3 is 2.61 bits per heavy atom. The average Bonchev–Trinajstić information content (AvgIpc) is 2.50. The van der Waals surface area contributed by atoms with Crippen molar-refractivity contribution >= 4 is 50.1 Å². The molecule has 2 aromatic rings. The van der Waals surface area contributed by atoms with E-state index in [1.165, 1.54) is 12.3 Å². The van der Waals surface area contributed by atoms with E-state index >= 15 is 0 Å². The van der Waals surface area contributed by atoms with E-state index in [1.807, 2.05) is 27.8 Å². The number of benzene rings is 1. The summed E-state index contributed by atoms with van der Waals surface area (Å²) >= 11 is 6.22. The highest BCUT2D eigenvalue weighted by Crippen LogP contribution is 2.24. The van der Waals surface area contributed by atoms with Crippen LogP contribution in [0.2, 0.25) is 5.02 Å². The largest absolute Gasteiger partial charge is 0.505 e. The molecular weight excluding hydrogens is 317 g/mol. The molecule has 3 N–H and O–H groups in total. The van der Waals surface area contributed by atoms with Gasteiger partial charge < -0.3 is 15.5 Å². The standard InChI is InChI=1S/C14H13B2ClN2O4/c15-8-2-1-7(11(16)12(8)17)6-3-9(20)13(18-4-6)14(23)19-5-10(21)22/h1-4,20H,5,15-16H2,(H,19,23)(H,21,22). The number of amides is 1. The maximum absolute atomic E-state index is 11.8. The Morgan fingerprint density at radius 1 is 1.30 bits per heavy atom. The van der Waals surface area contributed by atoms with Gasteiger partial charge in [-0.25, -0.2) is 4.98 Å². The van der Waals surface area contributed by atoms with Crippen LogP contribution in [0.15, 0.2) is 24.4 Å². The van der Waals surface area contributed by atoms with E-state index in [-0.39, 0.29) is 11.4 Å². The predicted octanol–water partition coefficient (Wildman–Crippen LogP) is -1.56. The van der Waals surface area contributed by atoms with Crippen LogP contribution < -0.4 is 16.2 Å². The molecule has 0 unspecified atom stereocenters. The minimum Gasteiger partial charge on any atom is -0.505 e. The molecule has 0 fully saturated rings. The first-order valence-corrected chi connectivity index (χ1v) is 7.14. The van der Waals surface area contributed by atoms with Gasteiger partial charge in [-0.05, 0) is 11.6 Å². The maximum atomic E-state index is 11.8. The van der Waals surface area contributed by atoms with Crippen molar-refractivity contribution in [3.05, 3.63) is 35.1 Å². The van der Waals surface area contributed by atoms with Gasteiger partial charge in [0, 0.05) is 16.8 Å². The van der Waals surface area contributed by atoms with Gasteiger partial charge in [0.25, 0.3) is 5.91 Å². The second-order valence-electron chi connectivity index (χ2n) is 5.04. The van der Waals surface area contributed by atoms with E-state index in [4.69, 9.17) is 16.7 Å². The number of aromatic nitrogens is 1. The first-order chi connectivity index (χ1) is 10.8. The molecule has 0 saturated carbocycles. The van der Waals surface area contributed by atoms with Crippen molar-refractivity contribution in [3.63, 3.8) is 0 Å². The van der Waals surface area contributed by atoms with Gasteiger partial charge in [-0.15, -0.1) is 0 Å². The van der Waals surface area contributed by atoms with Gasteiger partial charge in [0.2, 0.25) is 0 Å². The number of carbonyl (C=O) groups excluding carboxylic acids is 1. The number of carboxylic acid groups (broad SMARTS) is 1. The third kappa shape index (κ3) is 3.65. The van der Waals surface area contributed by atoms with E-state index in [1.54, 1.807) is 0 Å². The number of nitrogens with one attached hydrogen (secondary N) is 1. The summed E-state index contributed by atoms with van der Waals surface area (Å²) in [4.78, 5) is 26.1. The smallest absolute Gasteiger partial charge is 0.322 e. The van der Waals surface area contributed by atoms with Crippen LogP contribution in [0, 0.1) is 0 Å². The van der Waals surface area contributed by atoms with Crippen LogP contribution in [0.4, 0.5) is 0 Å². The first-order valence-electron chi connectivity index (χ1n) is 6.76. The summed E-state index contributed by atoms with van der Waals surface area (Å²) in [6.45, 7) is -0.547. The molecular formula is C14H13B2ClN2O4. The van der Waals surface area contributed by atoms with E-state index in [2.05, 4.69) is 10.3 Å². The molecule has 0 saturated heterocycles. The van der Waals surface area contributed by atoms with Crippen LogP contribution >= 0.6 is 11.6 Å². The number of hydrogen-bond donors (Lipinski definition) is 3. The Labute approximate surface area is 139 Å². The number of aliphatic carboxylic acids is 1. The van der Waals surface area contributed by atoms with Crippen molar-refractivity contribution in [2.24, 2.45) is 0 Å². The molecule has 116 valence electrons. The van der Waals surface area contributed by atoms with E-state index < -0.39 is 18.4 Å². The number of rotatable bonds is 4. The van der Waals surface area contributed by atoms with Gasteiger partial charge in [0.05, 0.1) is 0 Å². The molecule has 0 radical (unpaired) electrons.